The molecule has 0 spiro atoms. The standard InChI is InChI=1S/C28H28N8O2/c1-3-23-33-34-28(38-23)35-13-11-19(12-14-35)25-24(17(2)37)26(29)36-27(32-25)21(16-31-36)20-9-10-22(30-15-20)18-7-5-4-6-8-18/h4-10,15-16,19H,3,11-14,29H2,1-2H3. The molecular formula is C28H28N8O2. The second-order valence-electron chi connectivity index (χ2n) is 9.50. The molecule has 1 fully saturated rings. The van der Waals surface area contributed by atoms with Gasteiger partial charge in [-0.3, -0.25) is 9.78 Å². The zero-order chi connectivity index (χ0) is 26.2. The number of anilines is 2. The lowest BCUT2D eigenvalue weighted by molar-refractivity contribution is 0.101. The number of carbonyl (C=O) groups is 1. The number of fused-ring (bicyclic) bond motifs is 1. The predicted molar refractivity (Wildman–Crippen MR) is 144 cm³/mol. The van der Waals surface area contributed by atoms with Gasteiger partial charge in [0, 0.05) is 48.3 Å². The summed E-state index contributed by atoms with van der Waals surface area (Å²) >= 11 is 0. The molecule has 5 aromatic rings. The van der Waals surface area contributed by atoms with Gasteiger partial charge in [0.2, 0.25) is 5.89 Å². The van der Waals surface area contributed by atoms with Crippen LogP contribution in [0.15, 0.2) is 59.3 Å². The first-order valence-corrected chi connectivity index (χ1v) is 12.8. The van der Waals surface area contributed by atoms with Gasteiger partial charge in [-0.25, -0.2) is 4.98 Å². The molecule has 2 N–H and O–H groups in total. The summed E-state index contributed by atoms with van der Waals surface area (Å²) in [4.78, 5) is 24.5. The highest BCUT2D eigenvalue weighted by Gasteiger charge is 2.30. The maximum Gasteiger partial charge on any atom is 0.318 e. The fourth-order valence-electron chi connectivity index (χ4n) is 5.09. The lowest BCUT2D eigenvalue weighted by Gasteiger charge is -2.31. The molecule has 0 aliphatic carbocycles. The van der Waals surface area contributed by atoms with Crippen molar-refractivity contribution in [2.45, 2.75) is 39.0 Å². The van der Waals surface area contributed by atoms with Gasteiger partial charge >= 0.3 is 6.01 Å². The van der Waals surface area contributed by atoms with Crippen molar-refractivity contribution in [3.63, 3.8) is 0 Å². The molecule has 4 aromatic heterocycles. The minimum absolute atomic E-state index is 0.0624. The highest BCUT2D eigenvalue weighted by Crippen LogP contribution is 2.35. The molecule has 0 unspecified atom stereocenters. The molecule has 1 saturated heterocycles. The summed E-state index contributed by atoms with van der Waals surface area (Å²) in [5.41, 5.74) is 11.9. The van der Waals surface area contributed by atoms with Gasteiger partial charge < -0.3 is 15.1 Å². The molecule has 5 heterocycles. The number of ketones is 1. The number of piperidine rings is 1. The topological polar surface area (TPSA) is 128 Å². The average molecular weight is 509 g/mol. The van der Waals surface area contributed by atoms with Crippen molar-refractivity contribution in [3.05, 3.63) is 72.0 Å². The molecule has 0 saturated carbocycles. The largest absolute Gasteiger partial charge is 0.408 e. The number of rotatable bonds is 6. The normalized spacial score (nSPS) is 14.3. The van der Waals surface area contributed by atoms with Crippen molar-refractivity contribution in [3.8, 4) is 22.4 Å². The lowest BCUT2D eigenvalue weighted by atomic mass is 9.89. The first kappa shape index (κ1) is 23.8. The van der Waals surface area contributed by atoms with E-state index in [-0.39, 0.29) is 11.7 Å². The lowest BCUT2D eigenvalue weighted by Crippen LogP contribution is -2.34. The number of aromatic nitrogens is 6. The van der Waals surface area contributed by atoms with Crippen molar-refractivity contribution >= 4 is 23.3 Å². The zero-order valence-electron chi connectivity index (χ0n) is 21.3. The number of nitrogen functional groups attached to an aromatic ring is 1. The molecule has 0 bridgehead atoms. The Labute approximate surface area is 219 Å². The summed E-state index contributed by atoms with van der Waals surface area (Å²) in [7, 11) is 0. The second-order valence-corrected chi connectivity index (χ2v) is 9.50. The van der Waals surface area contributed by atoms with E-state index in [1.807, 2.05) is 55.6 Å². The number of pyridine rings is 1. The van der Waals surface area contributed by atoms with Crippen LogP contribution in [0.5, 0.6) is 0 Å². The molecule has 192 valence electrons. The van der Waals surface area contributed by atoms with Crippen molar-refractivity contribution in [2.75, 3.05) is 23.7 Å². The third-order valence-corrected chi connectivity index (χ3v) is 7.12. The van der Waals surface area contributed by atoms with Crippen LogP contribution in [0.2, 0.25) is 0 Å². The molecule has 0 atom stereocenters. The van der Waals surface area contributed by atoms with Gasteiger partial charge in [-0.1, -0.05) is 48.4 Å². The Hall–Kier alpha value is -4.60. The van der Waals surface area contributed by atoms with Gasteiger partial charge in [-0.15, -0.1) is 5.10 Å². The number of benzene rings is 1. The fraction of sp³-hybridized carbons (Fsp3) is 0.286. The first-order chi connectivity index (χ1) is 18.5. The highest BCUT2D eigenvalue weighted by atomic mass is 16.4. The number of aryl methyl sites for hydroxylation is 1. The molecule has 1 aromatic carbocycles. The van der Waals surface area contributed by atoms with E-state index in [0.717, 1.165) is 54.0 Å². The van der Waals surface area contributed by atoms with Crippen molar-refractivity contribution < 1.29 is 9.21 Å². The van der Waals surface area contributed by atoms with E-state index < -0.39 is 0 Å². The minimum Gasteiger partial charge on any atom is -0.408 e. The summed E-state index contributed by atoms with van der Waals surface area (Å²) < 4.78 is 7.30. The molecule has 6 rings (SSSR count). The third kappa shape index (κ3) is 4.17. The van der Waals surface area contributed by atoms with E-state index in [9.17, 15) is 4.79 Å². The highest BCUT2D eigenvalue weighted by molar-refractivity contribution is 6.00. The first-order valence-electron chi connectivity index (χ1n) is 12.8. The minimum atomic E-state index is -0.121. The molecule has 10 nitrogen and oxygen atoms in total. The molecule has 38 heavy (non-hydrogen) atoms. The van der Waals surface area contributed by atoms with E-state index >= 15 is 0 Å². The number of nitrogens with two attached hydrogens (primary N) is 1. The Kier molecular flexibility index (Phi) is 6.07. The van der Waals surface area contributed by atoms with Crippen molar-refractivity contribution in [1.82, 2.24) is 29.8 Å². The molecule has 0 amide bonds. The summed E-state index contributed by atoms with van der Waals surface area (Å²) in [6.07, 6.45) is 5.82. The van der Waals surface area contributed by atoms with Gasteiger partial charge in [-0.2, -0.15) is 9.61 Å². The van der Waals surface area contributed by atoms with Gasteiger partial charge in [-0.05, 0) is 25.8 Å². The van der Waals surface area contributed by atoms with E-state index in [2.05, 4.69) is 25.2 Å². The molecular weight excluding hydrogens is 480 g/mol. The van der Waals surface area contributed by atoms with E-state index in [1.165, 1.54) is 6.92 Å². The van der Waals surface area contributed by atoms with Crippen LogP contribution in [0.4, 0.5) is 11.8 Å². The number of nitrogens with zero attached hydrogens (tertiary/aromatic N) is 7. The Morgan fingerprint density at radius 1 is 1.05 bits per heavy atom. The monoisotopic (exact) mass is 508 g/mol. The maximum atomic E-state index is 12.7. The number of hydrogen-bond acceptors (Lipinski definition) is 9. The van der Waals surface area contributed by atoms with Crippen LogP contribution in [0, 0.1) is 0 Å². The van der Waals surface area contributed by atoms with Crippen LogP contribution in [0.3, 0.4) is 0 Å². The molecule has 1 aliphatic heterocycles. The Morgan fingerprint density at radius 3 is 2.50 bits per heavy atom. The smallest absolute Gasteiger partial charge is 0.318 e. The summed E-state index contributed by atoms with van der Waals surface area (Å²) in [6.45, 7) is 4.95. The van der Waals surface area contributed by atoms with Crippen molar-refractivity contribution in [1.29, 1.82) is 0 Å². The van der Waals surface area contributed by atoms with Crippen LogP contribution < -0.4 is 10.6 Å². The summed E-state index contributed by atoms with van der Waals surface area (Å²) in [6, 6.07) is 14.6. The molecule has 10 heteroatoms. The number of Topliss-reactive ketones (excluding diaryl/α,β-unsaturated/α-hetero) is 1. The van der Waals surface area contributed by atoms with Crippen LogP contribution in [-0.2, 0) is 6.42 Å². The SMILES string of the molecule is CCc1nnc(N2CCC(c3nc4c(-c5ccc(-c6ccccc6)nc5)cnn4c(N)c3C(C)=O)CC2)o1. The maximum absolute atomic E-state index is 12.7. The predicted octanol–water partition coefficient (Wildman–Crippen LogP) is 4.57. The zero-order valence-corrected chi connectivity index (χ0v) is 21.3. The molecule has 1 aliphatic rings. The fourth-order valence-corrected chi connectivity index (χ4v) is 5.09. The van der Waals surface area contributed by atoms with Crippen LogP contribution >= 0.6 is 0 Å². The van der Waals surface area contributed by atoms with Gasteiger partial charge in [0.25, 0.3) is 0 Å². The summed E-state index contributed by atoms with van der Waals surface area (Å²) in [5.74, 6) is 0.877. The van der Waals surface area contributed by atoms with Crippen LogP contribution in [0.25, 0.3) is 28.0 Å². The van der Waals surface area contributed by atoms with Crippen LogP contribution in [0.1, 0.15) is 54.5 Å². The van der Waals surface area contributed by atoms with Gasteiger partial charge in [0.1, 0.15) is 5.82 Å². The van der Waals surface area contributed by atoms with Crippen LogP contribution in [-0.4, -0.2) is 48.7 Å². The Balaban J connectivity index is 1.34. The summed E-state index contributed by atoms with van der Waals surface area (Å²) in [5, 5.41) is 12.7. The van der Waals surface area contributed by atoms with E-state index in [1.54, 1.807) is 10.7 Å². The number of hydrogen-bond donors (Lipinski definition) is 1. The third-order valence-electron chi connectivity index (χ3n) is 7.12. The van der Waals surface area contributed by atoms with Gasteiger partial charge in [0.05, 0.1) is 23.1 Å². The van der Waals surface area contributed by atoms with E-state index in [4.69, 9.17) is 15.1 Å². The molecule has 0 radical (unpaired) electrons. The van der Waals surface area contributed by atoms with Gasteiger partial charge in [0.15, 0.2) is 11.4 Å². The Bertz CT molecular complexity index is 1600. The number of carbonyl (C=O) groups excluding carboxylic acids is 1. The average Bonchev–Trinajstić information content (AvgIpc) is 3.61. The van der Waals surface area contributed by atoms with E-state index in [0.29, 0.717) is 35.4 Å². The Morgan fingerprint density at radius 2 is 1.84 bits per heavy atom. The second kappa shape index (κ2) is 9.70. The quantitative estimate of drug-likeness (QED) is 0.328. The van der Waals surface area contributed by atoms with Crippen molar-refractivity contribution in [2.24, 2.45) is 0 Å².